The Kier molecular flexibility index (Phi) is 3.22. The predicted molar refractivity (Wildman–Crippen MR) is 74.2 cm³/mol. The van der Waals surface area contributed by atoms with Gasteiger partial charge in [-0.2, -0.15) is 0 Å². The van der Waals surface area contributed by atoms with Crippen molar-refractivity contribution in [3.05, 3.63) is 64.4 Å². The van der Waals surface area contributed by atoms with E-state index in [-0.39, 0.29) is 11.9 Å². The van der Waals surface area contributed by atoms with Crippen LogP contribution < -0.4 is 5.32 Å². The zero-order valence-electron chi connectivity index (χ0n) is 10.3. The lowest BCUT2D eigenvalue weighted by Crippen LogP contribution is -2.27. The van der Waals surface area contributed by atoms with Crippen LogP contribution in [0.1, 0.15) is 33.9 Å². The number of halogens is 1. The second-order valence-corrected chi connectivity index (χ2v) is 5.02. The highest BCUT2D eigenvalue weighted by molar-refractivity contribution is 6.31. The van der Waals surface area contributed by atoms with Crippen LogP contribution in [0.3, 0.4) is 0 Å². The van der Waals surface area contributed by atoms with Crippen molar-refractivity contribution in [1.29, 1.82) is 0 Å². The first-order valence-electron chi connectivity index (χ1n) is 6.24. The fourth-order valence-corrected chi connectivity index (χ4v) is 2.77. The van der Waals surface area contributed by atoms with Gasteiger partial charge in [0.1, 0.15) is 0 Å². The molecule has 1 aliphatic rings. The van der Waals surface area contributed by atoms with E-state index in [0.717, 1.165) is 29.0 Å². The van der Waals surface area contributed by atoms with Crippen LogP contribution in [0, 0.1) is 0 Å². The van der Waals surface area contributed by atoms with Crippen LogP contribution in [0.2, 0.25) is 5.02 Å². The first kappa shape index (κ1) is 12.2. The van der Waals surface area contributed by atoms with Crippen LogP contribution >= 0.6 is 11.6 Å². The first-order chi connectivity index (χ1) is 9.25. The highest BCUT2D eigenvalue weighted by atomic mass is 35.5. The van der Waals surface area contributed by atoms with Crippen LogP contribution in [0.5, 0.6) is 0 Å². The van der Waals surface area contributed by atoms with E-state index >= 15 is 0 Å². The Bertz CT molecular complexity index is 613. The number of nitrogens with one attached hydrogen (secondary N) is 1. The van der Waals surface area contributed by atoms with Gasteiger partial charge in [-0.05, 0) is 42.2 Å². The summed E-state index contributed by atoms with van der Waals surface area (Å²) in [4.78, 5) is 16.1. The number of carbonyl (C=O) groups excluding carboxylic acids is 1. The van der Waals surface area contributed by atoms with Crippen LogP contribution in [0.15, 0.2) is 42.7 Å². The minimum atomic E-state index is -0.0917. The van der Waals surface area contributed by atoms with E-state index in [9.17, 15) is 4.79 Å². The Hall–Kier alpha value is -1.87. The summed E-state index contributed by atoms with van der Waals surface area (Å²) in [7, 11) is 0. The molecule has 1 aromatic carbocycles. The summed E-state index contributed by atoms with van der Waals surface area (Å²) in [5.41, 5.74) is 2.86. The van der Waals surface area contributed by atoms with Gasteiger partial charge in [0, 0.05) is 17.4 Å². The van der Waals surface area contributed by atoms with Gasteiger partial charge in [-0.3, -0.25) is 9.78 Å². The number of aromatic nitrogens is 1. The molecule has 96 valence electrons. The molecule has 1 amide bonds. The van der Waals surface area contributed by atoms with Gasteiger partial charge in [-0.25, -0.2) is 0 Å². The number of hydrogen-bond acceptors (Lipinski definition) is 2. The van der Waals surface area contributed by atoms with Crippen LogP contribution in [0.4, 0.5) is 0 Å². The molecule has 3 nitrogen and oxygen atoms in total. The number of amides is 1. The summed E-state index contributed by atoms with van der Waals surface area (Å²) < 4.78 is 0. The third-order valence-corrected chi connectivity index (χ3v) is 3.80. The molecule has 3 rings (SSSR count). The fourth-order valence-electron chi connectivity index (χ4n) is 2.50. The molecule has 0 radical (unpaired) electrons. The molecule has 1 atom stereocenters. The molecule has 2 aromatic rings. The summed E-state index contributed by atoms with van der Waals surface area (Å²) in [5.74, 6) is -0.0917. The fraction of sp³-hybridized carbons (Fsp3) is 0.200. The summed E-state index contributed by atoms with van der Waals surface area (Å²) in [6.07, 6.45) is 5.03. The van der Waals surface area contributed by atoms with E-state index in [1.807, 2.05) is 18.2 Å². The summed E-state index contributed by atoms with van der Waals surface area (Å²) in [5, 5.41) is 3.83. The maximum atomic E-state index is 12.1. The van der Waals surface area contributed by atoms with Crippen molar-refractivity contribution in [3.8, 4) is 0 Å². The maximum Gasteiger partial charge on any atom is 0.253 e. The van der Waals surface area contributed by atoms with E-state index in [4.69, 9.17) is 11.6 Å². The van der Waals surface area contributed by atoms with Gasteiger partial charge < -0.3 is 5.32 Å². The van der Waals surface area contributed by atoms with E-state index < -0.39 is 0 Å². The van der Waals surface area contributed by atoms with Gasteiger partial charge in [0.25, 0.3) is 5.91 Å². The molecule has 0 bridgehead atoms. The molecular weight excluding hydrogens is 260 g/mol. The molecule has 0 unspecified atom stereocenters. The molecule has 19 heavy (non-hydrogen) atoms. The number of fused-ring (bicyclic) bond motifs is 1. The molecule has 0 fully saturated rings. The SMILES string of the molecule is O=C(N[C@@H]1CCc2c(Cl)cccc21)c1cccnc1. The standard InChI is InChI=1S/C15H13ClN2O/c16-13-5-1-4-12-11(13)6-7-14(12)18-15(19)10-3-2-8-17-9-10/h1-5,8-9,14H,6-7H2,(H,18,19)/t14-/m1/s1. The van der Waals surface area contributed by atoms with Crippen molar-refractivity contribution < 1.29 is 4.79 Å². The lowest BCUT2D eigenvalue weighted by Gasteiger charge is -2.14. The maximum absolute atomic E-state index is 12.1. The van der Waals surface area contributed by atoms with Gasteiger partial charge in [-0.15, -0.1) is 0 Å². The molecule has 4 heteroatoms. The molecule has 0 saturated carbocycles. The minimum Gasteiger partial charge on any atom is -0.345 e. The monoisotopic (exact) mass is 272 g/mol. The summed E-state index contributed by atoms with van der Waals surface area (Å²) in [6, 6.07) is 9.41. The molecule has 1 N–H and O–H groups in total. The van der Waals surface area contributed by atoms with Gasteiger partial charge in [0.2, 0.25) is 0 Å². The Morgan fingerprint density at radius 2 is 2.21 bits per heavy atom. The van der Waals surface area contributed by atoms with Crippen molar-refractivity contribution in [2.75, 3.05) is 0 Å². The molecular formula is C15H13ClN2O. The van der Waals surface area contributed by atoms with Crippen molar-refractivity contribution in [2.24, 2.45) is 0 Å². The van der Waals surface area contributed by atoms with E-state index in [0.29, 0.717) is 5.56 Å². The average Bonchev–Trinajstić information content (AvgIpc) is 2.84. The van der Waals surface area contributed by atoms with Gasteiger partial charge in [0.05, 0.1) is 11.6 Å². The molecule has 0 spiro atoms. The smallest absolute Gasteiger partial charge is 0.253 e. The molecule has 1 aromatic heterocycles. The third kappa shape index (κ3) is 2.34. The number of nitrogens with zero attached hydrogens (tertiary/aromatic N) is 1. The Labute approximate surface area is 116 Å². The lowest BCUT2D eigenvalue weighted by molar-refractivity contribution is 0.0936. The quantitative estimate of drug-likeness (QED) is 0.912. The predicted octanol–water partition coefficient (Wildman–Crippen LogP) is 3.15. The number of rotatable bonds is 2. The van der Waals surface area contributed by atoms with Crippen molar-refractivity contribution in [1.82, 2.24) is 10.3 Å². The number of benzene rings is 1. The van der Waals surface area contributed by atoms with Gasteiger partial charge in [0.15, 0.2) is 0 Å². The Balaban J connectivity index is 1.80. The summed E-state index contributed by atoms with van der Waals surface area (Å²) >= 11 is 6.17. The normalized spacial score (nSPS) is 17.0. The highest BCUT2D eigenvalue weighted by Crippen LogP contribution is 2.35. The van der Waals surface area contributed by atoms with Gasteiger partial charge in [-0.1, -0.05) is 23.7 Å². The largest absolute Gasteiger partial charge is 0.345 e. The van der Waals surface area contributed by atoms with Gasteiger partial charge >= 0.3 is 0 Å². The molecule has 1 heterocycles. The van der Waals surface area contributed by atoms with E-state index in [1.165, 1.54) is 0 Å². The molecule has 0 aliphatic heterocycles. The van der Waals surface area contributed by atoms with Crippen LogP contribution in [-0.2, 0) is 6.42 Å². The average molecular weight is 273 g/mol. The van der Waals surface area contributed by atoms with Crippen molar-refractivity contribution in [3.63, 3.8) is 0 Å². The Morgan fingerprint density at radius 1 is 1.32 bits per heavy atom. The number of carbonyl (C=O) groups is 1. The van der Waals surface area contributed by atoms with Crippen molar-refractivity contribution in [2.45, 2.75) is 18.9 Å². The zero-order valence-corrected chi connectivity index (χ0v) is 11.0. The molecule has 1 aliphatic carbocycles. The minimum absolute atomic E-state index is 0.0430. The van der Waals surface area contributed by atoms with Crippen LogP contribution in [-0.4, -0.2) is 10.9 Å². The molecule has 0 saturated heterocycles. The summed E-state index contributed by atoms with van der Waals surface area (Å²) in [6.45, 7) is 0. The lowest BCUT2D eigenvalue weighted by atomic mass is 10.1. The van der Waals surface area contributed by atoms with E-state index in [2.05, 4.69) is 10.3 Å². The van der Waals surface area contributed by atoms with E-state index in [1.54, 1.807) is 24.5 Å². The topological polar surface area (TPSA) is 42.0 Å². The number of hydrogen-bond donors (Lipinski definition) is 1. The number of pyridine rings is 1. The third-order valence-electron chi connectivity index (χ3n) is 3.44. The first-order valence-corrected chi connectivity index (χ1v) is 6.61. The zero-order chi connectivity index (χ0) is 13.2. The Morgan fingerprint density at radius 3 is 3.00 bits per heavy atom. The second-order valence-electron chi connectivity index (χ2n) is 4.61. The van der Waals surface area contributed by atoms with Crippen molar-refractivity contribution >= 4 is 17.5 Å². The highest BCUT2D eigenvalue weighted by Gasteiger charge is 2.25. The van der Waals surface area contributed by atoms with Crippen LogP contribution in [0.25, 0.3) is 0 Å². The second kappa shape index (κ2) is 5.02.